The van der Waals surface area contributed by atoms with E-state index in [-0.39, 0.29) is 25.7 Å². The van der Waals surface area contributed by atoms with Crippen LogP contribution >= 0.6 is 11.6 Å². The Morgan fingerprint density at radius 2 is 1.52 bits per heavy atom. The molecule has 0 bridgehead atoms. The summed E-state index contributed by atoms with van der Waals surface area (Å²) in [7, 11) is 0. The van der Waals surface area contributed by atoms with Crippen molar-refractivity contribution in [2.75, 3.05) is 25.7 Å². The van der Waals surface area contributed by atoms with Gasteiger partial charge < -0.3 is 24.8 Å². The molecule has 0 heterocycles. The Labute approximate surface area is 165 Å². The molecule has 148 valence electrons. The van der Waals surface area contributed by atoms with Gasteiger partial charge in [-0.05, 0) is 54.7 Å². The highest BCUT2D eigenvalue weighted by molar-refractivity contribution is 6.18. The molecule has 0 saturated heterocycles. The highest BCUT2D eigenvalue weighted by atomic mass is 35.5. The third-order valence-electron chi connectivity index (χ3n) is 4.13. The Balaban J connectivity index is 1.84. The summed E-state index contributed by atoms with van der Waals surface area (Å²) >= 11 is 5.54. The van der Waals surface area contributed by atoms with Gasteiger partial charge in [-0.2, -0.15) is 0 Å². The fraction of sp³-hybridized carbons (Fsp3) is 0.429. The summed E-state index contributed by atoms with van der Waals surface area (Å²) in [6.07, 6.45) is 0.265. The minimum absolute atomic E-state index is 0.0764. The van der Waals surface area contributed by atoms with Crippen LogP contribution < -0.4 is 9.47 Å². The van der Waals surface area contributed by atoms with Crippen LogP contribution in [0.4, 0.5) is 0 Å². The van der Waals surface area contributed by atoms with Crippen molar-refractivity contribution in [3.63, 3.8) is 0 Å². The van der Waals surface area contributed by atoms with Crippen molar-refractivity contribution in [2.24, 2.45) is 0 Å². The Hall–Kier alpha value is -1.79. The van der Waals surface area contributed by atoms with Gasteiger partial charge in [0.15, 0.2) is 0 Å². The van der Waals surface area contributed by atoms with E-state index in [1.54, 1.807) is 0 Å². The van der Waals surface area contributed by atoms with Gasteiger partial charge in [-0.1, -0.05) is 24.3 Å². The molecular weight excluding hydrogens is 368 g/mol. The molecule has 3 N–H and O–H groups in total. The maximum absolute atomic E-state index is 9.41. The number of ether oxygens (including phenoxy) is 2. The standard InChI is InChI=1S/C21H27ClO5/c1-15-10-17(6-9-21(15)27-14-19(25)12-23)3-2-16-4-7-20(8-5-16)26-13-18(24)11-22/h4-10,18-19,23-25H,2-3,11-14H2,1H3/t18-,19-/m1/s1. The van der Waals surface area contributed by atoms with Gasteiger partial charge in [0.25, 0.3) is 0 Å². The highest BCUT2D eigenvalue weighted by Crippen LogP contribution is 2.21. The zero-order valence-electron chi connectivity index (χ0n) is 15.5. The lowest BCUT2D eigenvalue weighted by atomic mass is 10.0. The lowest BCUT2D eigenvalue weighted by Gasteiger charge is -2.13. The number of alkyl halides is 1. The summed E-state index contributed by atoms with van der Waals surface area (Å²) in [6, 6.07) is 13.8. The Morgan fingerprint density at radius 1 is 0.889 bits per heavy atom. The first kappa shape index (κ1) is 21.5. The minimum atomic E-state index is -0.866. The van der Waals surface area contributed by atoms with Crippen LogP contribution in [0.15, 0.2) is 42.5 Å². The topological polar surface area (TPSA) is 79.2 Å². The van der Waals surface area contributed by atoms with E-state index in [1.807, 2.05) is 43.3 Å². The predicted octanol–water partition coefficient (Wildman–Crippen LogP) is 2.49. The quantitative estimate of drug-likeness (QED) is 0.510. The molecule has 0 aliphatic rings. The van der Waals surface area contributed by atoms with Gasteiger partial charge in [-0.3, -0.25) is 0 Å². The molecule has 27 heavy (non-hydrogen) atoms. The zero-order chi connectivity index (χ0) is 19.6. The third-order valence-corrected chi connectivity index (χ3v) is 4.48. The molecule has 0 aliphatic carbocycles. The van der Waals surface area contributed by atoms with E-state index in [4.69, 9.17) is 26.2 Å². The summed E-state index contributed by atoms with van der Waals surface area (Å²) in [5, 5.41) is 27.6. The molecule has 0 aliphatic heterocycles. The molecule has 0 radical (unpaired) electrons. The molecule has 0 saturated carbocycles. The van der Waals surface area contributed by atoms with Crippen molar-refractivity contribution in [1.82, 2.24) is 0 Å². The average Bonchev–Trinajstić information content (AvgIpc) is 2.70. The van der Waals surface area contributed by atoms with E-state index in [9.17, 15) is 10.2 Å². The number of halogens is 1. The number of aliphatic hydroxyl groups excluding tert-OH is 3. The fourth-order valence-electron chi connectivity index (χ4n) is 2.55. The van der Waals surface area contributed by atoms with Crippen LogP contribution in [0.5, 0.6) is 11.5 Å². The van der Waals surface area contributed by atoms with E-state index < -0.39 is 12.2 Å². The van der Waals surface area contributed by atoms with Gasteiger partial charge in [0, 0.05) is 0 Å². The van der Waals surface area contributed by atoms with Crippen LogP contribution in [0.25, 0.3) is 0 Å². The van der Waals surface area contributed by atoms with E-state index >= 15 is 0 Å². The fourth-order valence-corrected chi connectivity index (χ4v) is 2.63. The second-order valence-corrected chi connectivity index (χ2v) is 6.82. The Kier molecular flexibility index (Phi) is 8.88. The van der Waals surface area contributed by atoms with E-state index in [1.165, 1.54) is 11.1 Å². The molecule has 2 rings (SSSR count). The van der Waals surface area contributed by atoms with Crippen molar-refractivity contribution in [2.45, 2.75) is 32.0 Å². The Bertz CT molecular complexity index is 689. The first-order valence-corrected chi connectivity index (χ1v) is 9.52. The summed E-state index contributed by atoms with van der Waals surface area (Å²) in [4.78, 5) is 0. The van der Waals surface area contributed by atoms with Gasteiger partial charge in [-0.15, -0.1) is 11.6 Å². The van der Waals surface area contributed by atoms with Crippen LogP contribution in [0, 0.1) is 6.92 Å². The number of aryl methyl sites for hydroxylation is 3. The van der Waals surface area contributed by atoms with Crippen molar-refractivity contribution in [3.05, 3.63) is 59.2 Å². The molecule has 2 atom stereocenters. The van der Waals surface area contributed by atoms with Crippen molar-refractivity contribution in [1.29, 1.82) is 0 Å². The summed E-state index contributed by atoms with van der Waals surface area (Å²) in [5.74, 6) is 1.58. The molecule has 0 unspecified atom stereocenters. The van der Waals surface area contributed by atoms with Gasteiger partial charge in [0.05, 0.1) is 12.5 Å². The van der Waals surface area contributed by atoms with Crippen LogP contribution in [0.1, 0.15) is 16.7 Å². The maximum atomic E-state index is 9.41. The van der Waals surface area contributed by atoms with Crippen LogP contribution in [-0.4, -0.2) is 53.2 Å². The SMILES string of the molecule is Cc1cc(CCc2ccc(OC[C@H](O)CCl)cc2)ccc1OC[C@H](O)CO. The zero-order valence-corrected chi connectivity index (χ0v) is 16.2. The third kappa shape index (κ3) is 7.39. The summed E-state index contributed by atoms with van der Waals surface area (Å²) < 4.78 is 11.0. The highest BCUT2D eigenvalue weighted by Gasteiger charge is 2.07. The number of hydrogen-bond donors (Lipinski definition) is 3. The van der Waals surface area contributed by atoms with Crippen LogP contribution in [0.2, 0.25) is 0 Å². The second-order valence-electron chi connectivity index (χ2n) is 6.51. The molecule has 2 aromatic carbocycles. The second kappa shape index (κ2) is 11.1. The van der Waals surface area contributed by atoms with E-state index in [0.717, 1.165) is 18.4 Å². The monoisotopic (exact) mass is 394 g/mol. The van der Waals surface area contributed by atoms with Crippen molar-refractivity contribution < 1.29 is 24.8 Å². The average molecular weight is 395 g/mol. The molecule has 5 nitrogen and oxygen atoms in total. The first-order chi connectivity index (χ1) is 13.0. The molecule has 6 heteroatoms. The van der Waals surface area contributed by atoms with Crippen molar-refractivity contribution >= 4 is 11.6 Å². The molecule has 0 amide bonds. The number of rotatable bonds is 11. The lowest BCUT2D eigenvalue weighted by Crippen LogP contribution is -2.21. The lowest BCUT2D eigenvalue weighted by molar-refractivity contribution is 0.0534. The first-order valence-electron chi connectivity index (χ1n) is 8.98. The van der Waals surface area contributed by atoms with Crippen LogP contribution in [0.3, 0.4) is 0 Å². The molecule has 0 fully saturated rings. The van der Waals surface area contributed by atoms with Crippen molar-refractivity contribution in [3.8, 4) is 11.5 Å². The maximum Gasteiger partial charge on any atom is 0.122 e. The number of hydrogen-bond acceptors (Lipinski definition) is 5. The smallest absolute Gasteiger partial charge is 0.122 e. The van der Waals surface area contributed by atoms with E-state index in [0.29, 0.717) is 11.5 Å². The van der Waals surface area contributed by atoms with Gasteiger partial charge in [0.1, 0.15) is 36.9 Å². The number of aliphatic hydroxyl groups is 3. The molecule has 0 spiro atoms. The Morgan fingerprint density at radius 3 is 2.15 bits per heavy atom. The number of benzene rings is 2. The summed E-state index contributed by atoms with van der Waals surface area (Å²) in [5.41, 5.74) is 3.40. The molecule has 0 aromatic heterocycles. The van der Waals surface area contributed by atoms with Crippen LogP contribution in [-0.2, 0) is 12.8 Å². The normalized spacial score (nSPS) is 13.2. The van der Waals surface area contributed by atoms with Gasteiger partial charge in [0.2, 0.25) is 0 Å². The minimum Gasteiger partial charge on any atom is -0.491 e. The largest absolute Gasteiger partial charge is 0.491 e. The van der Waals surface area contributed by atoms with E-state index in [2.05, 4.69) is 6.07 Å². The van der Waals surface area contributed by atoms with Gasteiger partial charge >= 0.3 is 0 Å². The van der Waals surface area contributed by atoms with Gasteiger partial charge in [-0.25, -0.2) is 0 Å². The summed E-state index contributed by atoms with van der Waals surface area (Å²) in [6.45, 7) is 1.92. The predicted molar refractivity (Wildman–Crippen MR) is 106 cm³/mol. The molecule has 2 aromatic rings. The molecular formula is C21H27ClO5.